The number of hydrogen-bond donors (Lipinski definition) is 1. The Morgan fingerprint density at radius 2 is 2.27 bits per heavy atom. The number of likely N-dealkylation sites (tertiary alicyclic amines) is 1. The lowest BCUT2D eigenvalue weighted by Crippen LogP contribution is -2.42. The number of rotatable bonds is 4. The first-order valence-corrected chi connectivity index (χ1v) is 10.7. The highest BCUT2D eigenvalue weighted by Crippen LogP contribution is 2.29. The van der Waals surface area contributed by atoms with E-state index in [1.807, 2.05) is 17.5 Å². The molecule has 2 aromatic heterocycles. The average Bonchev–Trinajstić information content (AvgIpc) is 3.39. The molecule has 2 amide bonds. The maximum atomic E-state index is 12.8. The molecule has 138 valence electrons. The van der Waals surface area contributed by atoms with E-state index in [9.17, 15) is 9.59 Å². The van der Waals surface area contributed by atoms with Gasteiger partial charge in [-0.1, -0.05) is 13.0 Å². The Kier molecular flexibility index (Phi) is 5.06. The fourth-order valence-corrected chi connectivity index (χ4v) is 5.32. The molecule has 0 aliphatic carbocycles. The van der Waals surface area contributed by atoms with Crippen molar-refractivity contribution in [2.75, 3.05) is 25.0 Å². The molecule has 1 saturated heterocycles. The highest BCUT2D eigenvalue weighted by atomic mass is 32.1. The van der Waals surface area contributed by atoms with Gasteiger partial charge < -0.3 is 10.2 Å². The third-order valence-electron chi connectivity index (χ3n) is 5.04. The first-order chi connectivity index (χ1) is 12.7. The molecule has 8 heteroatoms. The van der Waals surface area contributed by atoms with E-state index in [0.29, 0.717) is 23.0 Å². The van der Waals surface area contributed by atoms with Crippen LogP contribution in [-0.2, 0) is 17.8 Å². The number of likely N-dealkylation sites (N-methyl/N-ethyl adjacent to an activating group) is 1. The number of nitrogens with one attached hydrogen (secondary N) is 1. The summed E-state index contributed by atoms with van der Waals surface area (Å²) in [5.74, 6) is -0.166. The van der Waals surface area contributed by atoms with Gasteiger partial charge in [-0.25, -0.2) is 4.98 Å². The minimum Gasteiger partial charge on any atom is -0.326 e. The smallest absolute Gasteiger partial charge is 0.264 e. The molecule has 0 unspecified atom stereocenters. The van der Waals surface area contributed by atoms with Gasteiger partial charge in [-0.2, -0.15) is 0 Å². The summed E-state index contributed by atoms with van der Waals surface area (Å²) in [4.78, 5) is 36.1. The first kappa shape index (κ1) is 17.6. The van der Waals surface area contributed by atoms with Gasteiger partial charge in [-0.3, -0.25) is 14.5 Å². The molecule has 0 bridgehead atoms. The summed E-state index contributed by atoms with van der Waals surface area (Å²) in [6.07, 6.45) is 2.49. The first-order valence-electron chi connectivity index (χ1n) is 9.02. The molecule has 0 saturated carbocycles. The fourth-order valence-electron chi connectivity index (χ4n) is 3.58. The van der Waals surface area contributed by atoms with E-state index in [0.717, 1.165) is 38.2 Å². The number of carbonyl (C=O) groups is 2. The molecule has 0 spiro atoms. The summed E-state index contributed by atoms with van der Waals surface area (Å²) < 4.78 is 0. The number of aromatic nitrogens is 1. The van der Waals surface area contributed by atoms with Crippen molar-refractivity contribution in [1.29, 1.82) is 0 Å². The van der Waals surface area contributed by atoms with Gasteiger partial charge in [0.1, 0.15) is 6.04 Å². The molecular weight excluding hydrogens is 368 g/mol. The van der Waals surface area contributed by atoms with Crippen LogP contribution in [0.1, 0.15) is 40.0 Å². The Morgan fingerprint density at radius 1 is 1.38 bits per heavy atom. The second-order valence-corrected chi connectivity index (χ2v) is 8.66. The summed E-state index contributed by atoms with van der Waals surface area (Å²) in [6.45, 7) is 5.75. The number of thiophene rings is 1. The Labute approximate surface area is 160 Å². The van der Waals surface area contributed by atoms with Crippen molar-refractivity contribution >= 4 is 39.6 Å². The van der Waals surface area contributed by atoms with Crippen LogP contribution in [0.5, 0.6) is 0 Å². The zero-order valence-corrected chi connectivity index (χ0v) is 16.4. The van der Waals surface area contributed by atoms with E-state index < -0.39 is 6.04 Å². The van der Waals surface area contributed by atoms with Crippen LogP contribution in [-0.4, -0.2) is 52.3 Å². The molecule has 4 heterocycles. The quantitative estimate of drug-likeness (QED) is 0.872. The molecule has 1 atom stereocenters. The van der Waals surface area contributed by atoms with E-state index in [4.69, 9.17) is 0 Å². The Bertz CT molecular complexity index is 802. The van der Waals surface area contributed by atoms with E-state index in [-0.39, 0.29) is 11.8 Å². The van der Waals surface area contributed by atoms with Gasteiger partial charge in [0.05, 0.1) is 10.6 Å². The van der Waals surface area contributed by atoms with Crippen molar-refractivity contribution in [2.24, 2.45) is 0 Å². The van der Waals surface area contributed by atoms with E-state index in [1.54, 1.807) is 16.2 Å². The van der Waals surface area contributed by atoms with E-state index >= 15 is 0 Å². The van der Waals surface area contributed by atoms with Crippen LogP contribution in [0.4, 0.5) is 5.13 Å². The van der Waals surface area contributed by atoms with Gasteiger partial charge in [0.2, 0.25) is 5.91 Å². The number of amides is 2. The molecule has 0 aromatic carbocycles. The van der Waals surface area contributed by atoms with Crippen LogP contribution in [0.15, 0.2) is 17.5 Å². The van der Waals surface area contributed by atoms with Gasteiger partial charge in [0.15, 0.2) is 5.13 Å². The van der Waals surface area contributed by atoms with Crippen LogP contribution in [0.3, 0.4) is 0 Å². The van der Waals surface area contributed by atoms with Gasteiger partial charge in [-0.15, -0.1) is 22.7 Å². The number of carbonyl (C=O) groups excluding carboxylic acids is 2. The number of fused-ring (bicyclic) bond motifs is 1. The summed E-state index contributed by atoms with van der Waals surface area (Å²) in [7, 11) is 0. The maximum absolute atomic E-state index is 12.8. The van der Waals surface area contributed by atoms with Crippen molar-refractivity contribution < 1.29 is 9.59 Å². The Morgan fingerprint density at radius 3 is 3.04 bits per heavy atom. The van der Waals surface area contributed by atoms with E-state index in [1.165, 1.54) is 16.2 Å². The fraction of sp³-hybridized carbons (Fsp3) is 0.500. The second kappa shape index (κ2) is 7.46. The highest BCUT2D eigenvalue weighted by molar-refractivity contribution is 7.15. The van der Waals surface area contributed by atoms with Crippen LogP contribution < -0.4 is 5.32 Å². The molecule has 2 aliphatic rings. The van der Waals surface area contributed by atoms with Gasteiger partial charge >= 0.3 is 0 Å². The third-order valence-corrected chi connectivity index (χ3v) is 6.89. The zero-order chi connectivity index (χ0) is 18.1. The van der Waals surface area contributed by atoms with Crippen molar-refractivity contribution in [2.45, 2.75) is 38.8 Å². The van der Waals surface area contributed by atoms with Gasteiger partial charge in [-0.05, 0) is 30.8 Å². The van der Waals surface area contributed by atoms with Crippen LogP contribution in [0, 0.1) is 0 Å². The standard InChI is InChI=1S/C18H22N4O2S2/c1-2-21-9-7-12-15(11-21)26-18(19-12)20-16(23)13-5-3-8-22(13)17(24)14-6-4-10-25-14/h4,6,10,13H,2-3,5,7-9,11H2,1H3,(H,19,20,23)/t13-/m0/s1. The number of anilines is 1. The number of hydrogen-bond acceptors (Lipinski definition) is 6. The lowest BCUT2D eigenvalue weighted by molar-refractivity contribution is -0.119. The van der Waals surface area contributed by atoms with Crippen LogP contribution in [0.2, 0.25) is 0 Å². The topological polar surface area (TPSA) is 65.5 Å². The molecule has 4 rings (SSSR count). The van der Waals surface area contributed by atoms with Crippen molar-refractivity contribution in [3.63, 3.8) is 0 Å². The predicted molar refractivity (Wildman–Crippen MR) is 104 cm³/mol. The normalized spacial score (nSPS) is 20.2. The number of nitrogens with zero attached hydrogens (tertiary/aromatic N) is 3. The monoisotopic (exact) mass is 390 g/mol. The zero-order valence-electron chi connectivity index (χ0n) is 14.7. The minimum absolute atomic E-state index is 0.0466. The maximum Gasteiger partial charge on any atom is 0.264 e. The highest BCUT2D eigenvalue weighted by Gasteiger charge is 2.35. The average molecular weight is 391 g/mol. The lowest BCUT2D eigenvalue weighted by Gasteiger charge is -2.23. The predicted octanol–water partition coefficient (Wildman–Crippen LogP) is 2.83. The lowest BCUT2D eigenvalue weighted by atomic mass is 10.2. The van der Waals surface area contributed by atoms with Crippen LogP contribution >= 0.6 is 22.7 Å². The molecule has 26 heavy (non-hydrogen) atoms. The van der Waals surface area contributed by atoms with Gasteiger partial charge in [0.25, 0.3) is 5.91 Å². The molecule has 2 aromatic rings. The molecule has 6 nitrogen and oxygen atoms in total. The summed E-state index contributed by atoms with van der Waals surface area (Å²) in [5.41, 5.74) is 1.10. The summed E-state index contributed by atoms with van der Waals surface area (Å²) in [6, 6.07) is 3.27. The van der Waals surface area contributed by atoms with E-state index in [2.05, 4.69) is 22.1 Å². The van der Waals surface area contributed by atoms with Crippen molar-refractivity contribution in [3.05, 3.63) is 33.0 Å². The molecule has 0 radical (unpaired) electrons. The Balaban J connectivity index is 1.45. The summed E-state index contributed by atoms with van der Waals surface area (Å²) >= 11 is 2.98. The second-order valence-electron chi connectivity index (χ2n) is 6.63. The minimum atomic E-state index is -0.405. The summed E-state index contributed by atoms with van der Waals surface area (Å²) in [5, 5.41) is 5.51. The SMILES string of the molecule is CCN1CCc2nc(NC(=O)[C@@H]3CCCN3C(=O)c3cccs3)sc2C1. The largest absolute Gasteiger partial charge is 0.326 e. The third kappa shape index (κ3) is 3.41. The van der Waals surface area contributed by atoms with Gasteiger partial charge in [0, 0.05) is 30.9 Å². The molecule has 1 N–H and O–H groups in total. The van der Waals surface area contributed by atoms with Crippen LogP contribution in [0.25, 0.3) is 0 Å². The van der Waals surface area contributed by atoms with Crippen molar-refractivity contribution in [3.8, 4) is 0 Å². The Hall–Kier alpha value is -1.77. The number of thiazole rings is 1. The molecule has 2 aliphatic heterocycles. The molecule has 1 fully saturated rings. The molecular formula is C18H22N4O2S2. The van der Waals surface area contributed by atoms with Crippen molar-refractivity contribution in [1.82, 2.24) is 14.8 Å².